The molecule has 5 heteroatoms. The first-order valence-electron chi connectivity index (χ1n) is 9.28. The minimum Gasteiger partial charge on any atom is -0.463 e. The average molecular weight is 372 g/mol. The fraction of sp³-hybridized carbons (Fsp3) is 0.217. The van der Waals surface area contributed by atoms with E-state index in [0.29, 0.717) is 5.75 Å². The van der Waals surface area contributed by atoms with E-state index < -0.39 is 5.72 Å². The fourth-order valence-electron chi connectivity index (χ4n) is 4.77. The number of non-ortho nitro benzene ring substituents is 1. The van der Waals surface area contributed by atoms with Gasteiger partial charge in [0.25, 0.3) is 5.69 Å². The van der Waals surface area contributed by atoms with E-state index in [9.17, 15) is 10.1 Å². The van der Waals surface area contributed by atoms with Crippen LogP contribution in [0.25, 0.3) is 16.8 Å². The van der Waals surface area contributed by atoms with Gasteiger partial charge in [-0.15, -0.1) is 0 Å². The van der Waals surface area contributed by atoms with E-state index in [1.165, 1.54) is 22.4 Å². The molecule has 0 bridgehead atoms. The van der Waals surface area contributed by atoms with Gasteiger partial charge in [-0.05, 0) is 54.5 Å². The number of fused-ring (bicyclic) bond motifs is 4. The van der Waals surface area contributed by atoms with Crippen LogP contribution in [0.3, 0.4) is 0 Å². The van der Waals surface area contributed by atoms with Gasteiger partial charge in [-0.2, -0.15) is 0 Å². The normalized spacial score (nSPS) is 21.5. The third-order valence-corrected chi connectivity index (χ3v) is 6.25. The topological polar surface area (TPSA) is 55.6 Å². The summed E-state index contributed by atoms with van der Waals surface area (Å²) in [7, 11) is 2.04. The SMILES string of the molecule is CN1c2ccc3ccccc3c2C(C)(C)C12C=Cc1cc([N+](=O)[O-])ccc1O2. The Hall–Kier alpha value is -3.34. The largest absolute Gasteiger partial charge is 0.463 e. The van der Waals surface area contributed by atoms with Crippen molar-refractivity contribution in [2.24, 2.45) is 0 Å². The number of nitro groups is 1. The molecule has 3 aromatic carbocycles. The Morgan fingerprint density at radius 2 is 1.86 bits per heavy atom. The summed E-state index contributed by atoms with van der Waals surface area (Å²) in [4.78, 5) is 12.9. The second-order valence-corrected chi connectivity index (χ2v) is 7.98. The van der Waals surface area contributed by atoms with E-state index >= 15 is 0 Å². The van der Waals surface area contributed by atoms with E-state index in [-0.39, 0.29) is 16.0 Å². The van der Waals surface area contributed by atoms with Crippen molar-refractivity contribution in [2.45, 2.75) is 25.0 Å². The number of likely N-dealkylation sites (N-methyl/N-ethyl adjacent to an activating group) is 1. The highest BCUT2D eigenvalue weighted by molar-refractivity contribution is 5.94. The summed E-state index contributed by atoms with van der Waals surface area (Å²) in [5, 5.41) is 13.5. The number of nitro benzene ring substituents is 1. The highest BCUT2D eigenvalue weighted by Crippen LogP contribution is 2.56. The Morgan fingerprint density at radius 3 is 2.64 bits per heavy atom. The van der Waals surface area contributed by atoms with Crippen LogP contribution in [-0.2, 0) is 5.41 Å². The molecule has 2 heterocycles. The maximum Gasteiger partial charge on any atom is 0.270 e. The smallest absolute Gasteiger partial charge is 0.270 e. The van der Waals surface area contributed by atoms with Crippen molar-refractivity contribution in [2.75, 3.05) is 11.9 Å². The number of nitrogens with zero attached hydrogens (tertiary/aromatic N) is 2. The summed E-state index contributed by atoms with van der Waals surface area (Å²) >= 11 is 0. The molecule has 2 aliphatic rings. The molecule has 1 unspecified atom stereocenters. The van der Waals surface area contributed by atoms with Gasteiger partial charge in [0.05, 0.1) is 10.3 Å². The molecule has 140 valence electrons. The fourth-order valence-corrected chi connectivity index (χ4v) is 4.77. The third kappa shape index (κ3) is 1.96. The molecule has 0 amide bonds. The van der Waals surface area contributed by atoms with Gasteiger partial charge in [0.2, 0.25) is 5.72 Å². The van der Waals surface area contributed by atoms with E-state index in [4.69, 9.17) is 4.74 Å². The number of rotatable bonds is 1. The van der Waals surface area contributed by atoms with Gasteiger partial charge >= 0.3 is 0 Å². The average Bonchev–Trinajstić information content (AvgIpc) is 2.86. The van der Waals surface area contributed by atoms with Crippen molar-refractivity contribution >= 4 is 28.2 Å². The first-order valence-corrected chi connectivity index (χ1v) is 9.28. The van der Waals surface area contributed by atoms with Gasteiger partial charge < -0.3 is 9.64 Å². The first-order chi connectivity index (χ1) is 13.3. The van der Waals surface area contributed by atoms with Crippen LogP contribution in [-0.4, -0.2) is 17.7 Å². The maximum atomic E-state index is 11.1. The van der Waals surface area contributed by atoms with Crippen LogP contribution in [0.1, 0.15) is 25.0 Å². The lowest BCUT2D eigenvalue weighted by molar-refractivity contribution is -0.384. The zero-order valence-electron chi connectivity index (χ0n) is 16.0. The van der Waals surface area contributed by atoms with Gasteiger partial charge in [0, 0.05) is 30.4 Å². The Kier molecular flexibility index (Phi) is 3.21. The van der Waals surface area contributed by atoms with Crippen LogP contribution in [0, 0.1) is 10.1 Å². The van der Waals surface area contributed by atoms with Crippen LogP contribution in [0.2, 0.25) is 0 Å². The van der Waals surface area contributed by atoms with Crippen LogP contribution < -0.4 is 9.64 Å². The summed E-state index contributed by atoms with van der Waals surface area (Å²) in [6, 6.07) is 17.4. The molecule has 0 aliphatic carbocycles. The Morgan fingerprint density at radius 1 is 1.07 bits per heavy atom. The van der Waals surface area contributed by atoms with Crippen LogP contribution in [0.5, 0.6) is 5.75 Å². The lowest BCUT2D eigenvalue weighted by Gasteiger charge is -2.45. The van der Waals surface area contributed by atoms with Crippen molar-refractivity contribution in [3.05, 3.63) is 81.9 Å². The van der Waals surface area contributed by atoms with Crippen molar-refractivity contribution < 1.29 is 9.66 Å². The molecule has 28 heavy (non-hydrogen) atoms. The summed E-state index contributed by atoms with van der Waals surface area (Å²) < 4.78 is 6.59. The Labute approximate surface area is 163 Å². The van der Waals surface area contributed by atoms with E-state index in [1.54, 1.807) is 12.1 Å². The lowest BCUT2D eigenvalue weighted by Crippen LogP contribution is -2.58. The first kappa shape index (κ1) is 16.8. The summed E-state index contributed by atoms with van der Waals surface area (Å²) in [6.45, 7) is 4.39. The van der Waals surface area contributed by atoms with E-state index in [1.807, 2.05) is 19.2 Å². The molecular weight excluding hydrogens is 352 g/mol. The second-order valence-electron chi connectivity index (χ2n) is 7.98. The Bertz CT molecular complexity index is 1180. The lowest BCUT2D eigenvalue weighted by atomic mass is 9.75. The van der Waals surface area contributed by atoms with Crippen molar-refractivity contribution in [1.29, 1.82) is 0 Å². The molecule has 0 N–H and O–H groups in total. The van der Waals surface area contributed by atoms with Crippen LogP contribution in [0.15, 0.2) is 60.7 Å². The zero-order chi connectivity index (χ0) is 19.7. The molecule has 0 saturated carbocycles. The molecule has 5 nitrogen and oxygen atoms in total. The molecule has 0 saturated heterocycles. The zero-order valence-corrected chi connectivity index (χ0v) is 16.0. The number of hydrogen-bond acceptors (Lipinski definition) is 4. The highest BCUT2D eigenvalue weighted by atomic mass is 16.6. The van der Waals surface area contributed by atoms with E-state index in [0.717, 1.165) is 11.3 Å². The standard InChI is InChI=1S/C23H20N2O3/c1-22(2)21-18-7-5-4-6-15(18)8-10-19(21)24(3)23(22)13-12-16-14-17(25(26)27)9-11-20(16)28-23/h4-14H,1-3H3. The molecule has 1 spiro atoms. The predicted octanol–water partition coefficient (Wildman–Crippen LogP) is 5.28. The number of ether oxygens (including phenoxy) is 1. The maximum absolute atomic E-state index is 11.1. The molecule has 1 atom stereocenters. The molecule has 0 fully saturated rings. The number of anilines is 1. The van der Waals surface area contributed by atoms with Gasteiger partial charge in [0.1, 0.15) is 5.75 Å². The van der Waals surface area contributed by atoms with Crippen molar-refractivity contribution in [3.8, 4) is 5.75 Å². The van der Waals surface area contributed by atoms with Gasteiger partial charge in [-0.1, -0.05) is 30.3 Å². The summed E-state index contributed by atoms with van der Waals surface area (Å²) in [5.74, 6) is 0.658. The summed E-state index contributed by atoms with van der Waals surface area (Å²) in [6.07, 6.45) is 3.98. The number of benzene rings is 3. The summed E-state index contributed by atoms with van der Waals surface area (Å²) in [5.41, 5.74) is 2.14. The molecular formula is C23H20N2O3. The van der Waals surface area contributed by atoms with Crippen molar-refractivity contribution in [1.82, 2.24) is 0 Å². The third-order valence-electron chi connectivity index (χ3n) is 6.25. The number of hydrogen-bond donors (Lipinski definition) is 0. The van der Waals surface area contributed by atoms with Crippen molar-refractivity contribution in [3.63, 3.8) is 0 Å². The second kappa shape index (κ2) is 5.35. The molecule has 2 aliphatic heterocycles. The van der Waals surface area contributed by atoms with Crippen LogP contribution in [0.4, 0.5) is 11.4 Å². The minimum atomic E-state index is -0.706. The highest BCUT2D eigenvalue weighted by Gasteiger charge is 2.58. The minimum absolute atomic E-state index is 0.0660. The van der Waals surface area contributed by atoms with Crippen LogP contribution >= 0.6 is 0 Å². The molecule has 3 aromatic rings. The molecule has 0 radical (unpaired) electrons. The molecule has 0 aromatic heterocycles. The van der Waals surface area contributed by atoms with E-state index in [2.05, 4.69) is 55.1 Å². The Balaban J connectivity index is 1.70. The van der Waals surface area contributed by atoms with Gasteiger partial charge in [-0.25, -0.2) is 0 Å². The molecule has 5 rings (SSSR count). The van der Waals surface area contributed by atoms with Gasteiger partial charge in [-0.3, -0.25) is 10.1 Å². The quantitative estimate of drug-likeness (QED) is 0.431. The van der Waals surface area contributed by atoms with Gasteiger partial charge in [0.15, 0.2) is 0 Å². The predicted molar refractivity (Wildman–Crippen MR) is 111 cm³/mol. The monoisotopic (exact) mass is 372 g/mol.